The van der Waals surface area contributed by atoms with Crippen LogP contribution in [0.2, 0.25) is 0 Å². The first-order chi connectivity index (χ1) is 8.63. The van der Waals surface area contributed by atoms with Gasteiger partial charge in [0.1, 0.15) is 11.3 Å². The van der Waals surface area contributed by atoms with E-state index in [1.165, 1.54) is 7.11 Å². The highest BCUT2D eigenvalue weighted by Gasteiger charge is 2.16. The highest BCUT2D eigenvalue weighted by molar-refractivity contribution is 5.95. The summed E-state index contributed by atoms with van der Waals surface area (Å²) in [5.41, 5.74) is -0.0168. The minimum absolute atomic E-state index is 0.0842. The van der Waals surface area contributed by atoms with E-state index in [-0.39, 0.29) is 11.3 Å². The van der Waals surface area contributed by atoms with E-state index < -0.39 is 11.7 Å². The number of ether oxygens (including phenoxy) is 1. The zero-order chi connectivity index (χ0) is 13.1. The third-order valence-corrected chi connectivity index (χ3v) is 2.42. The van der Waals surface area contributed by atoms with Gasteiger partial charge in [-0.2, -0.15) is 0 Å². The van der Waals surface area contributed by atoms with Crippen LogP contribution in [0.15, 0.2) is 35.3 Å². The molecule has 0 amide bonds. The van der Waals surface area contributed by atoms with Crippen molar-refractivity contribution in [1.29, 1.82) is 0 Å². The van der Waals surface area contributed by atoms with E-state index in [0.717, 1.165) is 6.20 Å². The van der Waals surface area contributed by atoms with E-state index in [1.807, 2.05) is 0 Å². The summed E-state index contributed by atoms with van der Waals surface area (Å²) >= 11 is 0. The van der Waals surface area contributed by atoms with Gasteiger partial charge in [0.15, 0.2) is 0 Å². The van der Waals surface area contributed by atoms with E-state index in [9.17, 15) is 9.59 Å². The van der Waals surface area contributed by atoms with Crippen LogP contribution in [0.3, 0.4) is 0 Å². The smallest absolute Gasteiger partial charge is 0.345 e. The zero-order valence-electron chi connectivity index (χ0n) is 9.51. The van der Waals surface area contributed by atoms with Gasteiger partial charge in [0.2, 0.25) is 0 Å². The molecule has 1 aromatic heterocycles. The van der Waals surface area contributed by atoms with Crippen molar-refractivity contribution in [1.82, 2.24) is 9.97 Å². The number of H-pyrrole nitrogens is 1. The SMILES string of the molecule is COc1ccccc1-c1[nH]c(=O)ncc1C(=O)O. The summed E-state index contributed by atoms with van der Waals surface area (Å²) in [5.74, 6) is -0.693. The van der Waals surface area contributed by atoms with Gasteiger partial charge in [0, 0.05) is 11.8 Å². The number of hydrogen-bond acceptors (Lipinski definition) is 4. The molecule has 2 aromatic rings. The number of nitrogens with one attached hydrogen (secondary N) is 1. The van der Waals surface area contributed by atoms with Crippen LogP contribution in [0.4, 0.5) is 0 Å². The average molecular weight is 246 g/mol. The second-order valence-corrected chi connectivity index (χ2v) is 3.48. The molecule has 2 rings (SSSR count). The summed E-state index contributed by atoms with van der Waals surface area (Å²) in [6.07, 6.45) is 1.03. The van der Waals surface area contributed by atoms with Crippen molar-refractivity contribution in [3.05, 3.63) is 46.5 Å². The molecule has 6 heteroatoms. The number of para-hydroxylation sites is 1. The first-order valence-electron chi connectivity index (χ1n) is 5.09. The van der Waals surface area contributed by atoms with Crippen molar-refractivity contribution in [3.63, 3.8) is 0 Å². The second kappa shape index (κ2) is 4.70. The van der Waals surface area contributed by atoms with Crippen molar-refractivity contribution in [3.8, 4) is 17.0 Å². The molecule has 1 heterocycles. The molecule has 0 bridgehead atoms. The normalized spacial score (nSPS) is 10.1. The summed E-state index contributed by atoms with van der Waals surface area (Å²) in [7, 11) is 1.47. The summed E-state index contributed by atoms with van der Waals surface area (Å²) in [6, 6.07) is 6.82. The standard InChI is InChI=1S/C12H10N2O4/c1-18-9-5-3-2-4-7(9)10-8(11(15)16)6-13-12(17)14-10/h2-6H,1H3,(H,15,16)(H,13,14,17). The number of rotatable bonds is 3. The lowest BCUT2D eigenvalue weighted by Crippen LogP contribution is -2.15. The van der Waals surface area contributed by atoms with Crippen LogP contribution in [-0.2, 0) is 0 Å². The second-order valence-electron chi connectivity index (χ2n) is 3.48. The largest absolute Gasteiger partial charge is 0.496 e. The van der Waals surface area contributed by atoms with Gasteiger partial charge in [-0.15, -0.1) is 0 Å². The van der Waals surface area contributed by atoms with E-state index in [1.54, 1.807) is 24.3 Å². The Bertz CT molecular complexity index is 649. The number of nitrogens with zero attached hydrogens (tertiary/aromatic N) is 1. The van der Waals surface area contributed by atoms with Crippen LogP contribution in [0, 0.1) is 0 Å². The summed E-state index contributed by atoms with van der Waals surface area (Å²) < 4.78 is 5.14. The molecule has 6 nitrogen and oxygen atoms in total. The van der Waals surface area contributed by atoms with Gasteiger partial charge in [-0.05, 0) is 12.1 Å². The Hall–Kier alpha value is -2.63. The Kier molecular flexibility index (Phi) is 3.09. The van der Waals surface area contributed by atoms with E-state index in [0.29, 0.717) is 11.3 Å². The molecular formula is C12H10N2O4. The monoisotopic (exact) mass is 246 g/mol. The predicted octanol–water partition coefficient (Wildman–Crippen LogP) is 1.14. The maximum absolute atomic E-state index is 11.2. The lowest BCUT2D eigenvalue weighted by atomic mass is 10.1. The number of aromatic amines is 1. The zero-order valence-corrected chi connectivity index (χ0v) is 9.51. The molecule has 0 saturated carbocycles. The Balaban J connectivity index is 2.73. The molecule has 0 spiro atoms. The maximum Gasteiger partial charge on any atom is 0.345 e. The Morgan fingerprint density at radius 3 is 2.78 bits per heavy atom. The molecule has 0 radical (unpaired) electrons. The van der Waals surface area contributed by atoms with Crippen molar-refractivity contribution in [2.24, 2.45) is 0 Å². The molecule has 0 aliphatic carbocycles. The fourth-order valence-corrected chi connectivity index (χ4v) is 1.62. The number of methoxy groups -OCH3 is 1. The number of benzene rings is 1. The number of aromatic carboxylic acids is 1. The molecule has 0 unspecified atom stereocenters. The van der Waals surface area contributed by atoms with Crippen molar-refractivity contribution < 1.29 is 14.6 Å². The lowest BCUT2D eigenvalue weighted by Gasteiger charge is -2.09. The number of hydrogen-bond donors (Lipinski definition) is 2. The molecule has 18 heavy (non-hydrogen) atoms. The number of carboxylic acids is 1. The average Bonchev–Trinajstić information content (AvgIpc) is 2.38. The quantitative estimate of drug-likeness (QED) is 0.847. The molecule has 0 aliphatic rings. The van der Waals surface area contributed by atoms with Gasteiger partial charge in [0.05, 0.1) is 12.8 Å². The Labute approximate surface area is 102 Å². The van der Waals surface area contributed by atoms with E-state index in [2.05, 4.69) is 9.97 Å². The fraction of sp³-hybridized carbons (Fsp3) is 0.0833. The number of aromatic nitrogens is 2. The van der Waals surface area contributed by atoms with Crippen molar-refractivity contribution >= 4 is 5.97 Å². The predicted molar refractivity (Wildman–Crippen MR) is 63.8 cm³/mol. The molecule has 2 N–H and O–H groups in total. The summed E-state index contributed by atoms with van der Waals surface area (Å²) in [5, 5.41) is 9.08. The van der Waals surface area contributed by atoms with Crippen LogP contribution >= 0.6 is 0 Å². The van der Waals surface area contributed by atoms with E-state index >= 15 is 0 Å². The minimum Gasteiger partial charge on any atom is -0.496 e. The molecule has 92 valence electrons. The summed E-state index contributed by atoms with van der Waals surface area (Å²) in [4.78, 5) is 28.2. The third-order valence-electron chi connectivity index (χ3n) is 2.42. The van der Waals surface area contributed by atoms with Crippen molar-refractivity contribution in [2.75, 3.05) is 7.11 Å². The number of carbonyl (C=O) groups is 1. The maximum atomic E-state index is 11.2. The molecular weight excluding hydrogens is 236 g/mol. The van der Waals surface area contributed by atoms with Gasteiger partial charge in [-0.3, -0.25) is 0 Å². The summed E-state index contributed by atoms with van der Waals surface area (Å²) in [6.45, 7) is 0. The molecule has 0 aliphatic heterocycles. The highest BCUT2D eigenvalue weighted by Crippen LogP contribution is 2.29. The molecule has 0 saturated heterocycles. The Morgan fingerprint density at radius 2 is 2.11 bits per heavy atom. The van der Waals surface area contributed by atoms with Crippen LogP contribution in [0.25, 0.3) is 11.3 Å². The first-order valence-corrected chi connectivity index (χ1v) is 5.09. The van der Waals surface area contributed by atoms with Gasteiger partial charge in [-0.1, -0.05) is 12.1 Å². The van der Waals surface area contributed by atoms with Crippen molar-refractivity contribution in [2.45, 2.75) is 0 Å². The molecule has 0 atom stereocenters. The van der Waals surface area contributed by atoms with Crippen LogP contribution in [0.1, 0.15) is 10.4 Å². The fourth-order valence-electron chi connectivity index (χ4n) is 1.62. The van der Waals surface area contributed by atoms with Crippen LogP contribution < -0.4 is 10.4 Å². The first kappa shape index (κ1) is 11.8. The highest BCUT2D eigenvalue weighted by atomic mass is 16.5. The van der Waals surface area contributed by atoms with E-state index in [4.69, 9.17) is 9.84 Å². The topological polar surface area (TPSA) is 92.3 Å². The van der Waals surface area contributed by atoms with Gasteiger partial charge in [0.25, 0.3) is 0 Å². The molecule has 1 aromatic carbocycles. The Morgan fingerprint density at radius 1 is 1.39 bits per heavy atom. The van der Waals surface area contributed by atoms with Gasteiger partial charge in [-0.25, -0.2) is 14.6 Å². The number of carboxylic acid groups (broad SMARTS) is 1. The van der Waals surface area contributed by atoms with Crippen LogP contribution in [0.5, 0.6) is 5.75 Å². The minimum atomic E-state index is -1.17. The lowest BCUT2D eigenvalue weighted by molar-refractivity contribution is 0.0697. The third kappa shape index (κ3) is 2.08. The van der Waals surface area contributed by atoms with Gasteiger partial charge >= 0.3 is 11.7 Å². The molecule has 0 fully saturated rings. The van der Waals surface area contributed by atoms with Gasteiger partial charge < -0.3 is 14.8 Å². The van der Waals surface area contributed by atoms with Crippen LogP contribution in [-0.4, -0.2) is 28.2 Å².